The molecular formula is C22H16Cl2N4O2. The van der Waals surface area contributed by atoms with Crippen molar-refractivity contribution in [1.82, 2.24) is 9.97 Å². The number of hydrogen-bond acceptors (Lipinski definition) is 4. The van der Waals surface area contributed by atoms with Gasteiger partial charge in [-0.1, -0.05) is 53.5 Å². The molecule has 0 radical (unpaired) electrons. The average molecular weight is 439 g/mol. The molecule has 1 heterocycles. The molecule has 3 aromatic carbocycles. The van der Waals surface area contributed by atoms with Gasteiger partial charge in [0.15, 0.2) is 0 Å². The van der Waals surface area contributed by atoms with Gasteiger partial charge in [-0.15, -0.1) is 0 Å². The number of hydrogen-bond donors (Lipinski definition) is 2. The summed E-state index contributed by atoms with van der Waals surface area (Å²) in [6, 6.07) is 17.7. The quantitative estimate of drug-likeness (QED) is 0.391. The highest BCUT2D eigenvalue weighted by molar-refractivity contribution is 6.42. The second-order valence-corrected chi connectivity index (χ2v) is 7.23. The van der Waals surface area contributed by atoms with Crippen LogP contribution in [0.4, 0.5) is 16.2 Å². The Bertz CT molecular complexity index is 1200. The van der Waals surface area contributed by atoms with E-state index in [0.717, 1.165) is 10.9 Å². The molecule has 8 heteroatoms. The maximum absolute atomic E-state index is 12.6. The van der Waals surface area contributed by atoms with Gasteiger partial charge in [0.1, 0.15) is 18.7 Å². The molecule has 0 unspecified atom stereocenters. The fraction of sp³-hybridized carbons (Fsp3) is 0.0455. The number of urea groups is 1. The lowest BCUT2D eigenvalue weighted by Gasteiger charge is -2.14. The molecule has 0 spiro atoms. The van der Waals surface area contributed by atoms with Crippen LogP contribution in [0.3, 0.4) is 0 Å². The van der Waals surface area contributed by atoms with Crippen LogP contribution in [0.5, 0.6) is 5.75 Å². The topological polar surface area (TPSA) is 76.1 Å². The third kappa shape index (κ3) is 4.79. The molecule has 0 atom stereocenters. The number of carbonyl (C=O) groups is 1. The smallest absolute Gasteiger partial charge is 0.323 e. The lowest BCUT2D eigenvalue weighted by molar-refractivity contribution is 0.261. The number of aromatic nitrogens is 2. The molecule has 1 aromatic heterocycles. The number of nitrogens with one attached hydrogen (secondary N) is 2. The van der Waals surface area contributed by atoms with Crippen LogP contribution < -0.4 is 15.4 Å². The SMILES string of the molecule is O=C(Nc1ccc(Cl)c(Cl)c1)Nc1cc2ncncc2cc1OCc1ccccc1. The van der Waals surface area contributed by atoms with Gasteiger partial charge in [0.2, 0.25) is 0 Å². The lowest BCUT2D eigenvalue weighted by atomic mass is 10.2. The van der Waals surface area contributed by atoms with E-state index in [1.807, 2.05) is 30.3 Å². The minimum absolute atomic E-state index is 0.350. The largest absolute Gasteiger partial charge is 0.487 e. The van der Waals surface area contributed by atoms with Crippen molar-refractivity contribution in [2.24, 2.45) is 0 Å². The standard InChI is InChI=1S/C22H16Cl2N4O2/c23-17-7-6-16(9-18(17)24)27-22(29)28-20-10-19-15(11-25-13-26-19)8-21(20)30-12-14-4-2-1-3-5-14/h1-11,13H,12H2,(H2,27,28,29). The molecule has 0 bridgehead atoms. The van der Waals surface area contributed by atoms with Crippen molar-refractivity contribution < 1.29 is 9.53 Å². The van der Waals surface area contributed by atoms with Crippen LogP contribution in [0.1, 0.15) is 5.56 Å². The Kier molecular flexibility index (Phi) is 5.97. The van der Waals surface area contributed by atoms with Crippen molar-refractivity contribution in [2.75, 3.05) is 10.6 Å². The number of amides is 2. The molecule has 2 amide bonds. The number of fused-ring (bicyclic) bond motifs is 1. The number of nitrogens with zero attached hydrogens (tertiary/aromatic N) is 2. The number of ether oxygens (including phenoxy) is 1. The summed E-state index contributed by atoms with van der Waals surface area (Å²) in [6.45, 7) is 0.350. The summed E-state index contributed by atoms with van der Waals surface area (Å²) in [6.07, 6.45) is 3.14. The van der Waals surface area contributed by atoms with Crippen LogP contribution in [0, 0.1) is 0 Å². The van der Waals surface area contributed by atoms with Gasteiger partial charge < -0.3 is 15.4 Å². The molecule has 2 N–H and O–H groups in total. The molecule has 6 nitrogen and oxygen atoms in total. The number of rotatable bonds is 5. The van der Waals surface area contributed by atoms with Crippen molar-refractivity contribution >= 4 is 51.5 Å². The number of benzene rings is 3. The van der Waals surface area contributed by atoms with E-state index in [2.05, 4.69) is 20.6 Å². The van der Waals surface area contributed by atoms with E-state index in [4.69, 9.17) is 27.9 Å². The van der Waals surface area contributed by atoms with Crippen LogP contribution in [0.2, 0.25) is 10.0 Å². The van der Waals surface area contributed by atoms with E-state index in [-0.39, 0.29) is 0 Å². The van der Waals surface area contributed by atoms with Crippen molar-refractivity contribution in [3.8, 4) is 5.75 Å². The fourth-order valence-corrected chi connectivity index (χ4v) is 3.12. The van der Waals surface area contributed by atoms with Gasteiger partial charge >= 0.3 is 6.03 Å². The van der Waals surface area contributed by atoms with E-state index >= 15 is 0 Å². The van der Waals surface area contributed by atoms with E-state index in [1.165, 1.54) is 6.33 Å². The van der Waals surface area contributed by atoms with E-state index in [0.29, 0.717) is 39.3 Å². The summed E-state index contributed by atoms with van der Waals surface area (Å²) in [7, 11) is 0. The summed E-state index contributed by atoms with van der Waals surface area (Å²) in [5.74, 6) is 0.505. The molecule has 4 rings (SSSR count). The highest BCUT2D eigenvalue weighted by atomic mass is 35.5. The average Bonchev–Trinajstić information content (AvgIpc) is 2.75. The van der Waals surface area contributed by atoms with E-state index in [1.54, 1.807) is 36.5 Å². The highest BCUT2D eigenvalue weighted by Gasteiger charge is 2.12. The van der Waals surface area contributed by atoms with Gasteiger partial charge in [0.05, 0.1) is 21.2 Å². The maximum atomic E-state index is 12.6. The van der Waals surface area contributed by atoms with Gasteiger partial charge in [0, 0.05) is 17.3 Å². The van der Waals surface area contributed by atoms with Gasteiger partial charge in [-0.2, -0.15) is 0 Å². The predicted octanol–water partition coefficient (Wildman–Crippen LogP) is 6.16. The Balaban J connectivity index is 1.57. The monoisotopic (exact) mass is 438 g/mol. The molecule has 0 saturated carbocycles. The maximum Gasteiger partial charge on any atom is 0.323 e. The van der Waals surface area contributed by atoms with Gasteiger partial charge in [0.25, 0.3) is 0 Å². The third-order valence-corrected chi connectivity index (χ3v) is 5.01. The highest BCUT2D eigenvalue weighted by Crippen LogP contribution is 2.31. The lowest BCUT2D eigenvalue weighted by Crippen LogP contribution is -2.20. The van der Waals surface area contributed by atoms with Gasteiger partial charge in [-0.3, -0.25) is 0 Å². The molecule has 30 heavy (non-hydrogen) atoms. The number of carbonyl (C=O) groups excluding carboxylic acids is 1. The molecule has 0 aliphatic rings. The van der Waals surface area contributed by atoms with E-state index < -0.39 is 6.03 Å². The van der Waals surface area contributed by atoms with Crippen molar-refractivity contribution in [1.29, 1.82) is 0 Å². The van der Waals surface area contributed by atoms with Crippen LogP contribution in [-0.2, 0) is 6.61 Å². The molecule has 0 fully saturated rings. The fourth-order valence-electron chi connectivity index (χ4n) is 2.82. The van der Waals surface area contributed by atoms with E-state index in [9.17, 15) is 4.79 Å². The predicted molar refractivity (Wildman–Crippen MR) is 119 cm³/mol. The summed E-state index contributed by atoms with van der Waals surface area (Å²) < 4.78 is 5.98. The first-order chi connectivity index (χ1) is 14.6. The zero-order valence-corrected chi connectivity index (χ0v) is 17.1. The summed E-state index contributed by atoms with van der Waals surface area (Å²) in [5.41, 5.74) is 2.68. The van der Waals surface area contributed by atoms with Crippen LogP contribution >= 0.6 is 23.2 Å². The Morgan fingerprint density at radius 2 is 1.80 bits per heavy atom. The first kappa shape index (κ1) is 19.9. The number of halogens is 2. The first-order valence-corrected chi connectivity index (χ1v) is 9.77. The minimum Gasteiger partial charge on any atom is -0.487 e. The molecule has 0 saturated heterocycles. The van der Waals surface area contributed by atoms with Crippen LogP contribution in [0.25, 0.3) is 10.9 Å². The summed E-state index contributed by atoms with van der Waals surface area (Å²) in [5, 5.41) is 7.10. The van der Waals surface area contributed by atoms with Crippen LogP contribution in [-0.4, -0.2) is 16.0 Å². The summed E-state index contributed by atoms with van der Waals surface area (Å²) in [4.78, 5) is 20.8. The molecule has 0 aliphatic heterocycles. The molecule has 4 aromatic rings. The second kappa shape index (κ2) is 8.98. The Hall–Kier alpha value is -3.35. The van der Waals surface area contributed by atoms with Gasteiger partial charge in [-0.25, -0.2) is 14.8 Å². The zero-order chi connectivity index (χ0) is 20.9. The Labute approximate surface area is 182 Å². The Morgan fingerprint density at radius 1 is 0.967 bits per heavy atom. The second-order valence-electron chi connectivity index (χ2n) is 6.41. The van der Waals surface area contributed by atoms with Crippen molar-refractivity contribution in [3.63, 3.8) is 0 Å². The van der Waals surface area contributed by atoms with Crippen molar-refractivity contribution in [3.05, 3.63) is 88.8 Å². The van der Waals surface area contributed by atoms with Crippen LogP contribution in [0.15, 0.2) is 73.2 Å². The molecule has 0 aliphatic carbocycles. The molecular weight excluding hydrogens is 423 g/mol. The Morgan fingerprint density at radius 3 is 2.60 bits per heavy atom. The third-order valence-electron chi connectivity index (χ3n) is 4.27. The normalized spacial score (nSPS) is 10.6. The first-order valence-electron chi connectivity index (χ1n) is 9.02. The van der Waals surface area contributed by atoms with Crippen molar-refractivity contribution in [2.45, 2.75) is 6.61 Å². The van der Waals surface area contributed by atoms with Gasteiger partial charge in [-0.05, 0) is 35.9 Å². The number of anilines is 2. The zero-order valence-electron chi connectivity index (χ0n) is 15.6. The molecule has 150 valence electrons. The summed E-state index contributed by atoms with van der Waals surface area (Å²) >= 11 is 11.9. The minimum atomic E-state index is -0.452.